The molecular formula is C24H29N3O6S2. The van der Waals surface area contributed by atoms with Gasteiger partial charge in [0.25, 0.3) is 5.91 Å². The minimum atomic E-state index is -1.76. The molecule has 3 atom stereocenters. The second kappa shape index (κ2) is 13.4. The van der Waals surface area contributed by atoms with Crippen LogP contribution < -0.4 is 15.4 Å². The summed E-state index contributed by atoms with van der Waals surface area (Å²) in [5.41, 5.74) is 2.55. The van der Waals surface area contributed by atoms with Crippen molar-refractivity contribution in [1.82, 2.24) is 15.4 Å². The molecule has 0 aromatic heterocycles. The summed E-state index contributed by atoms with van der Waals surface area (Å²) in [4.78, 5) is 35.9. The summed E-state index contributed by atoms with van der Waals surface area (Å²) in [5.74, 6) is -0.968. The van der Waals surface area contributed by atoms with Gasteiger partial charge in [-0.2, -0.15) is 11.8 Å². The van der Waals surface area contributed by atoms with Crippen molar-refractivity contribution in [2.75, 3.05) is 18.6 Å². The van der Waals surface area contributed by atoms with Gasteiger partial charge in [-0.1, -0.05) is 36.4 Å². The summed E-state index contributed by atoms with van der Waals surface area (Å²) in [6.07, 6.45) is 3.30. The van der Waals surface area contributed by atoms with Crippen LogP contribution in [0.5, 0.6) is 0 Å². The lowest BCUT2D eigenvalue weighted by molar-refractivity contribution is -0.139. The number of aliphatic carboxylic acids is 1. The minimum Gasteiger partial charge on any atom is -0.480 e. The molecule has 4 N–H and O–H groups in total. The molecule has 9 nitrogen and oxygen atoms in total. The van der Waals surface area contributed by atoms with E-state index in [1.54, 1.807) is 12.1 Å². The van der Waals surface area contributed by atoms with Gasteiger partial charge in [0, 0.05) is 18.5 Å². The van der Waals surface area contributed by atoms with Crippen molar-refractivity contribution >= 4 is 40.8 Å². The molecule has 1 heterocycles. The number of benzene rings is 2. The molecule has 1 unspecified atom stereocenters. The van der Waals surface area contributed by atoms with Gasteiger partial charge in [0.1, 0.15) is 6.04 Å². The fraction of sp³-hybridized carbons (Fsp3) is 0.375. The maximum absolute atomic E-state index is 13.0. The summed E-state index contributed by atoms with van der Waals surface area (Å²) in [7, 11) is 0. The summed E-state index contributed by atoms with van der Waals surface area (Å²) in [6, 6.07) is 13.3. The van der Waals surface area contributed by atoms with Crippen molar-refractivity contribution in [2.24, 2.45) is 0 Å². The predicted octanol–water partition coefficient (Wildman–Crippen LogP) is 2.25. The fourth-order valence-corrected chi connectivity index (χ4v) is 4.74. The molecule has 11 heteroatoms. The van der Waals surface area contributed by atoms with Crippen LogP contribution in [0, 0.1) is 0 Å². The molecule has 0 spiro atoms. The van der Waals surface area contributed by atoms with Gasteiger partial charge in [-0.3, -0.25) is 13.8 Å². The Morgan fingerprint density at radius 3 is 2.69 bits per heavy atom. The zero-order chi connectivity index (χ0) is 25.2. The minimum absolute atomic E-state index is 0.0335. The summed E-state index contributed by atoms with van der Waals surface area (Å²) < 4.78 is 20.3. The molecule has 35 heavy (non-hydrogen) atoms. The highest BCUT2D eigenvalue weighted by Crippen LogP contribution is 2.25. The van der Waals surface area contributed by atoms with Crippen LogP contribution in [0.25, 0.3) is 11.1 Å². The van der Waals surface area contributed by atoms with Crippen LogP contribution in [-0.2, 0) is 31.6 Å². The lowest BCUT2D eigenvalue weighted by Gasteiger charge is -2.17. The number of carboxylic acid groups (broad SMARTS) is 1. The first-order chi connectivity index (χ1) is 16.9. The largest absolute Gasteiger partial charge is 0.480 e. The Morgan fingerprint density at radius 2 is 2.03 bits per heavy atom. The molecule has 0 bridgehead atoms. The van der Waals surface area contributed by atoms with E-state index >= 15 is 0 Å². The van der Waals surface area contributed by atoms with Gasteiger partial charge < -0.3 is 15.7 Å². The van der Waals surface area contributed by atoms with Gasteiger partial charge in [-0.05, 0) is 53.7 Å². The third kappa shape index (κ3) is 8.17. The van der Waals surface area contributed by atoms with Gasteiger partial charge in [-0.25, -0.2) is 13.7 Å². The highest BCUT2D eigenvalue weighted by Gasteiger charge is 2.23. The molecule has 0 aliphatic carbocycles. The molecule has 1 saturated heterocycles. The normalized spacial score (nSPS) is 16.9. The molecule has 1 aliphatic heterocycles. The van der Waals surface area contributed by atoms with Gasteiger partial charge >= 0.3 is 5.97 Å². The van der Waals surface area contributed by atoms with Crippen LogP contribution in [0.1, 0.15) is 35.2 Å². The predicted molar refractivity (Wildman–Crippen MR) is 136 cm³/mol. The van der Waals surface area contributed by atoms with Crippen LogP contribution in [0.4, 0.5) is 0 Å². The van der Waals surface area contributed by atoms with Crippen LogP contribution in [0.15, 0.2) is 48.5 Å². The number of carboxylic acids is 1. The quantitative estimate of drug-likeness (QED) is 0.319. The first kappa shape index (κ1) is 26.9. The van der Waals surface area contributed by atoms with Gasteiger partial charge in [0.2, 0.25) is 17.2 Å². The van der Waals surface area contributed by atoms with Crippen molar-refractivity contribution in [1.29, 1.82) is 0 Å². The number of hydrogen-bond donors (Lipinski definition) is 4. The number of thioether (sulfide) groups is 1. The van der Waals surface area contributed by atoms with Crippen LogP contribution in [-0.4, -0.2) is 57.8 Å². The molecule has 2 aromatic carbocycles. The van der Waals surface area contributed by atoms with Crippen LogP contribution in [0.2, 0.25) is 0 Å². The first-order valence-corrected chi connectivity index (χ1v) is 13.6. The SMILES string of the molecule is CSCC[C@H](NC(=O)c1ccc(CNS(=O)OC[C@@H]2CCC(=O)N2)cc1-c1ccccc1)C(=O)O. The molecule has 1 aliphatic rings. The topological polar surface area (TPSA) is 134 Å². The zero-order valence-electron chi connectivity index (χ0n) is 19.3. The van der Waals surface area contributed by atoms with Crippen molar-refractivity contribution in [3.8, 4) is 11.1 Å². The van der Waals surface area contributed by atoms with Crippen molar-refractivity contribution in [3.05, 3.63) is 59.7 Å². The number of rotatable bonds is 13. The average Bonchev–Trinajstić information content (AvgIpc) is 3.29. The van der Waals surface area contributed by atoms with Gasteiger partial charge in [0.05, 0.1) is 12.6 Å². The average molecular weight is 520 g/mol. The summed E-state index contributed by atoms with van der Waals surface area (Å²) in [6.45, 7) is 0.373. The van der Waals surface area contributed by atoms with Gasteiger partial charge in [-0.15, -0.1) is 0 Å². The van der Waals surface area contributed by atoms with E-state index < -0.39 is 29.2 Å². The molecule has 3 rings (SSSR count). The van der Waals surface area contributed by atoms with E-state index in [0.29, 0.717) is 36.1 Å². The Labute approximate surface area is 211 Å². The number of carbonyl (C=O) groups is 3. The number of hydrogen-bond acceptors (Lipinski definition) is 6. The molecule has 1 fully saturated rings. The molecular weight excluding hydrogens is 490 g/mol. The lowest BCUT2D eigenvalue weighted by Crippen LogP contribution is -2.41. The highest BCUT2D eigenvalue weighted by molar-refractivity contribution is 7.98. The Hall–Kier alpha value is -2.73. The molecule has 2 aromatic rings. The monoisotopic (exact) mass is 519 g/mol. The van der Waals surface area contributed by atoms with Crippen molar-refractivity contribution in [2.45, 2.75) is 37.9 Å². The lowest BCUT2D eigenvalue weighted by atomic mass is 9.96. The summed E-state index contributed by atoms with van der Waals surface area (Å²) in [5, 5.41) is 14.9. The van der Waals surface area contributed by atoms with Crippen LogP contribution >= 0.6 is 11.8 Å². The molecule has 2 amide bonds. The van der Waals surface area contributed by atoms with Crippen molar-refractivity contribution < 1.29 is 27.9 Å². The number of amides is 2. The highest BCUT2D eigenvalue weighted by atomic mass is 32.2. The third-order valence-electron chi connectivity index (χ3n) is 5.48. The Morgan fingerprint density at radius 1 is 1.26 bits per heavy atom. The van der Waals surface area contributed by atoms with Crippen LogP contribution in [0.3, 0.4) is 0 Å². The van der Waals surface area contributed by atoms with E-state index in [0.717, 1.165) is 11.1 Å². The second-order valence-corrected chi connectivity index (χ2v) is 10.0. The fourth-order valence-electron chi connectivity index (χ4n) is 3.62. The second-order valence-electron chi connectivity index (χ2n) is 8.04. The van der Waals surface area contributed by atoms with E-state index in [1.807, 2.05) is 42.7 Å². The Kier molecular flexibility index (Phi) is 10.3. The maximum atomic E-state index is 13.0. The third-order valence-corrected chi connectivity index (χ3v) is 6.86. The Bertz CT molecular complexity index is 1070. The standard InChI is InChI=1S/C24H29N3O6S2/c1-34-12-11-21(24(30)31)27-23(29)19-9-7-16(13-20(19)17-5-3-2-4-6-17)14-25-35(32)33-15-18-8-10-22(28)26-18/h2-7,9,13,18,21,25H,8,10-12,14-15H2,1H3,(H,26,28)(H,27,29)(H,30,31)/t18-,21-,35?/m0/s1. The molecule has 188 valence electrons. The zero-order valence-corrected chi connectivity index (χ0v) is 21.0. The first-order valence-electron chi connectivity index (χ1n) is 11.2. The van der Waals surface area contributed by atoms with E-state index in [1.165, 1.54) is 11.8 Å². The number of carbonyl (C=O) groups excluding carboxylic acids is 2. The molecule has 0 radical (unpaired) electrons. The Balaban J connectivity index is 1.70. The van der Waals surface area contributed by atoms with Crippen molar-refractivity contribution in [3.63, 3.8) is 0 Å². The van der Waals surface area contributed by atoms with E-state index in [9.17, 15) is 23.7 Å². The smallest absolute Gasteiger partial charge is 0.326 e. The number of nitrogens with one attached hydrogen (secondary N) is 3. The van der Waals surface area contributed by atoms with E-state index in [-0.39, 0.29) is 25.1 Å². The van der Waals surface area contributed by atoms with Gasteiger partial charge in [0.15, 0.2) is 0 Å². The van der Waals surface area contributed by atoms with E-state index in [4.69, 9.17) is 4.18 Å². The maximum Gasteiger partial charge on any atom is 0.326 e. The van der Waals surface area contributed by atoms with E-state index in [2.05, 4.69) is 15.4 Å². The molecule has 0 saturated carbocycles. The summed E-state index contributed by atoms with van der Waals surface area (Å²) >= 11 is -0.242.